The van der Waals surface area contributed by atoms with Crippen LogP contribution in [-0.4, -0.2) is 22.3 Å². The van der Waals surface area contributed by atoms with Gasteiger partial charge in [0.1, 0.15) is 5.75 Å². The lowest BCUT2D eigenvalue weighted by atomic mass is 10.1. The zero-order valence-corrected chi connectivity index (χ0v) is 13.6. The number of hydrogen-bond acceptors (Lipinski definition) is 3. The fourth-order valence-corrected chi connectivity index (χ4v) is 2.55. The van der Waals surface area contributed by atoms with Crippen LogP contribution in [0.25, 0.3) is 0 Å². The molecule has 2 aromatic rings. The minimum atomic E-state index is -0.133. The van der Waals surface area contributed by atoms with Gasteiger partial charge in [-0.05, 0) is 44.4 Å². The summed E-state index contributed by atoms with van der Waals surface area (Å²) in [6, 6.07) is 9.36. The van der Waals surface area contributed by atoms with Crippen LogP contribution >= 0.6 is 0 Å². The van der Waals surface area contributed by atoms with Gasteiger partial charge < -0.3 is 4.74 Å². The maximum absolute atomic E-state index is 12.3. The first-order valence-corrected chi connectivity index (χ1v) is 7.89. The van der Waals surface area contributed by atoms with Gasteiger partial charge in [-0.3, -0.25) is 4.79 Å². The van der Waals surface area contributed by atoms with E-state index in [1.807, 2.05) is 44.2 Å². The van der Waals surface area contributed by atoms with Crippen molar-refractivity contribution < 1.29 is 9.53 Å². The van der Waals surface area contributed by atoms with Gasteiger partial charge in [0, 0.05) is 5.69 Å². The lowest BCUT2D eigenvalue weighted by Crippen LogP contribution is -2.21. The van der Waals surface area contributed by atoms with Gasteiger partial charge in [-0.2, -0.15) is 5.10 Å². The van der Waals surface area contributed by atoms with Gasteiger partial charge in [-0.25, -0.2) is 4.68 Å². The summed E-state index contributed by atoms with van der Waals surface area (Å²) in [4.78, 5) is 12.3. The third-order valence-corrected chi connectivity index (χ3v) is 3.81. The molecule has 0 radical (unpaired) electrons. The van der Waals surface area contributed by atoms with Crippen molar-refractivity contribution in [2.75, 3.05) is 6.61 Å². The van der Waals surface area contributed by atoms with Gasteiger partial charge in [0.2, 0.25) is 0 Å². The zero-order chi connectivity index (χ0) is 15.9. The molecule has 0 aliphatic heterocycles. The first-order valence-electron chi connectivity index (χ1n) is 7.89. The lowest BCUT2D eigenvalue weighted by Gasteiger charge is -2.07. The topological polar surface area (TPSA) is 44.1 Å². The third-order valence-electron chi connectivity index (χ3n) is 3.81. The fourth-order valence-electron chi connectivity index (χ4n) is 2.55. The molecule has 4 heteroatoms. The molecular weight excluding hydrogens is 276 g/mol. The van der Waals surface area contributed by atoms with Crippen LogP contribution in [0.3, 0.4) is 0 Å². The summed E-state index contributed by atoms with van der Waals surface area (Å²) in [7, 11) is 0. The molecule has 0 N–H and O–H groups in total. The Morgan fingerprint density at radius 3 is 2.59 bits per heavy atom. The van der Waals surface area contributed by atoms with Crippen molar-refractivity contribution in [2.45, 2.75) is 46.5 Å². The second kappa shape index (κ2) is 7.78. The summed E-state index contributed by atoms with van der Waals surface area (Å²) in [5, 5.41) is 4.39. The van der Waals surface area contributed by atoms with Crippen LogP contribution in [0.15, 0.2) is 30.3 Å². The highest BCUT2D eigenvalue weighted by atomic mass is 16.5. The molecule has 0 atom stereocenters. The molecule has 0 aliphatic carbocycles. The maximum Gasteiger partial charge on any atom is 0.284 e. The van der Waals surface area contributed by atoms with Crippen molar-refractivity contribution in [3.8, 4) is 5.75 Å². The fraction of sp³-hybridized carbons (Fsp3) is 0.444. The largest absolute Gasteiger partial charge is 0.484 e. The second-order valence-corrected chi connectivity index (χ2v) is 5.51. The van der Waals surface area contributed by atoms with E-state index in [-0.39, 0.29) is 12.5 Å². The average molecular weight is 300 g/mol. The summed E-state index contributed by atoms with van der Waals surface area (Å²) < 4.78 is 7.00. The Balaban J connectivity index is 2.02. The summed E-state index contributed by atoms with van der Waals surface area (Å²) in [5.74, 6) is 0.562. The van der Waals surface area contributed by atoms with Gasteiger partial charge in [-0.15, -0.1) is 0 Å². The molecule has 1 heterocycles. The van der Waals surface area contributed by atoms with Crippen LogP contribution in [0.4, 0.5) is 0 Å². The summed E-state index contributed by atoms with van der Waals surface area (Å²) >= 11 is 0. The minimum Gasteiger partial charge on any atom is -0.484 e. The summed E-state index contributed by atoms with van der Waals surface area (Å²) in [5.41, 5.74) is 3.08. The number of unbranched alkanes of at least 4 members (excludes halogenated alkanes) is 2. The van der Waals surface area contributed by atoms with Crippen molar-refractivity contribution in [2.24, 2.45) is 0 Å². The smallest absolute Gasteiger partial charge is 0.284 e. The van der Waals surface area contributed by atoms with Crippen LogP contribution in [0, 0.1) is 13.8 Å². The highest BCUT2D eigenvalue weighted by Crippen LogP contribution is 2.17. The van der Waals surface area contributed by atoms with Crippen LogP contribution in [0.1, 0.15) is 47.9 Å². The van der Waals surface area contributed by atoms with Crippen molar-refractivity contribution >= 4 is 5.91 Å². The van der Waals surface area contributed by atoms with Crippen LogP contribution in [0.5, 0.6) is 5.75 Å². The molecule has 0 fully saturated rings. The highest BCUT2D eigenvalue weighted by molar-refractivity contribution is 5.80. The molecule has 0 aliphatic rings. The molecule has 1 aromatic heterocycles. The standard InChI is InChI=1S/C18H24N2O2/c1-4-5-7-12-17-14(2)19-20(15(17)3)18(21)13-22-16-10-8-6-9-11-16/h6,8-11H,4-5,7,12-13H2,1-3H3. The molecule has 22 heavy (non-hydrogen) atoms. The number of rotatable bonds is 7. The zero-order valence-electron chi connectivity index (χ0n) is 13.6. The predicted octanol–water partition coefficient (Wildman–Crippen LogP) is 3.95. The number of benzene rings is 1. The number of para-hydroxylation sites is 1. The van der Waals surface area contributed by atoms with E-state index in [2.05, 4.69) is 12.0 Å². The quantitative estimate of drug-likeness (QED) is 0.727. The van der Waals surface area contributed by atoms with E-state index in [1.54, 1.807) is 0 Å². The van der Waals surface area contributed by atoms with E-state index in [1.165, 1.54) is 23.1 Å². The monoisotopic (exact) mass is 300 g/mol. The Morgan fingerprint density at radius 1 is 1.18 bits per heavy atom. The van der Waals surface area contributed by atoms with E-state index in [4.69, 9.17) is 4.74 Å². The van der Waals surface area contributed by atoms with E-state index < -0.39 is 0 Å². The molecule has 0 bridgehead atoms. The molecule has 0 spiro atoms. The molecule has 0 saturated carbocycles. The molecule has 0 amide bonds. The van der Waals surface area contributed by atoms with Gasteiger partial charge in [-0.1, -0.05) is 38.0 Å². The Bertz CT molecular complexity index is 618. The Labute approximate surface area is 132 Å². The maximum atomic E-state index is 12.3. The van der Waals surface area contributed by atoms with Crippen molar-refractivity contribution in [1.82, 2.24) is 9.78 Å². The normalized spacial score (nSPS) is 10.7. The lowest BCUT2D eigenvalue weighted by molar-refractivity contribution is 0.0818. The molecular formula is C18H24N2O2. The number of aryl methyl sites for hydroxylation is 1. The number of carbonyl (C=O) groups is 1. The molecule has 1 aromatic carbocycles. The van der Waals surface area contributed by atoms with Gasteiger partial charge in [0.15, 0.2) is 6.61 Å². The number of nitrogens with zero attached hydrogens (tertiary/aromatic N) is 2. The second-order valence-electron chi connectivity index (χ2n) is 5.51. The predicted molar refractivity (Wildman–Crippen MR) is 87.5 cm³/mol. The number of hydrogen-bond donors (Lipinski definition) is 0. The third kappa shape index (κ3) is 3.97. The minimum absolute atomic E-state index is 0.000370. The number of ether oxygens (including phenoxy) is 1. The van der Waals surface area contributed by atoms with E-state index in [9.17, 15) is 4.79 Å². The van der Waals surface area contributed by atoms with E-state index in [0.29, 0.717) is 5.75 Å². The van der Waals surface area contributed by atoms with E-state index >= 15 is 0 Å². The van der Waals surface area contributed by atoms with Crippen LogP contribution in [-0.2, 0) is 6.42 Å². The molecule has 0 saturated heterocycles. The molecule has 4 nitrogen and oxygen atoms in total. The molecule has 0 unspecified atom stereocenters. The first kappa shape index (κ1) is 16.3. The van der Waals surface area contributed by atoms with Crippen molar-refractivity contribution in [1.29, 1.82) is 0 Å². The van der Waals surface area contributed by atoms with Gasteiger partial charge >= 0.3 is 0 Å². The Kier molecular flexibility index (Phi) is 5.75. The van der Waals surface area contributed by atoms with Crippen LogP contribution < -0.4 is 4.74 Å². The number of carbonyl (C=O) groups excluding carboxylic acids is 1. The van der Waals surface area contributed by atoms with Gasteiger partial charge in [0.05, 0.1) is 5.69 Å². The highest BCUT2D eigenvalue weighted by Gasteiger charge is 2.16. The summed E-state index contributed by atoms with van der Waals surface area (Å²) in [6.07, 6.45) is 4.52. The van der Waals surface area contributed by atoms with Crippen LogP contribution in [0.2, 0.25) is 0 Å². The Morgan fingerprint density at radius 2 is 1.91 bits per heavy atom. The molecule has 2 rings (SSSR count). The Hall–Kier alpha value is -2.10. The number of aromatic nitrogens is 2. The SMILES string of the molecule is CCCCCc1c(C)nn(C(=O)COc2ccccc2)c1C. The van der Waals surface area contributed by atoms with Crippen molar-refractivity contribution in [3.05, 3.63) is 47.3 Å². The van der Waals surface area contributed by atoms with Crippen molar-refractivity contribution in [3.63, 3.8) is 0 Å². The van der Waals surface area contributed by atoms with E-state index in [0.717, 1.165) is 24.2 Å². The average Bonchev–Trinajstić information content (AvgIpc) is 2.82. The van der Waals surface area contributed by atoms with Gasteiger partial charge in [0.25, 0.3) is 5.91 Å². The first-order chi connectivity index (χ1) is 10.6. The molecule has 118 valence electrons. The summed E-state index contributed by atoms with van der Waals surface area (Å²) in [6.45, 7) is 6.12.